The minimum Gasteiger partial charge on any atom is -0.482 e. The summed E-state index contributed by atoms with van der Waals surface area (Å²) in [5.74, 6) is 0.314. The normalized spacial score (nSPS) is 14.5. The first-order valence-electron chi connectivity index (χ1n) is 6.59. The predicted molar refractivity (Wildman–Crippen MR) is 69.4 cm³/mol. The Morgan fingerprint density at radius 2 is 2.30 bits per heavy atom. The van der Waals surface area contributed by atoms with Crippen molar-refractivity contribution in [2.45, 2.75) is 32.0 Å². The summed E-state index contributed by atoms with van der Waals surface area (Å²) in [6.07, 6.45) is 2.38. The molecular formula is C13H16FN5O. The van der Waals surface area contributed by atoms with Crippen molar-refractivity contribution in [2.24, 2.45) is 7.05 Å². The van der Waals surface area contributed by atoms with Gasteiger partial charge >= 0.3 is 0 Å². The zero-order chi connectivity index (χ0) is 13.9. The van der Waals surface area contributed by atoms with Crippen molar-refractivity contribution in [3.63, 3.8) is 0 Å². The summed E-state index contributed by atoms with van der Waals surface area (Å²) in [4.78, 5) is 1.34. The number of hydrogen-bond donors (Lipinski definition) is 1. The van der Waals surface area contributed by atoms with Gasteiger partial charge in [0.15, 0.2) is 18.2 Å². The van der Waals surface area contributed by atoms with Crippen LogP contribution in [0.4, 0.5) is 4.39 Å². The van der Waals surface area contributed by atoms with Gasteiger partial charge in [0, 0.05) is 18.2 Å². The fourth-order valence-corrected chi connectivity index (χ4v) is 1.91. The van der Waals surface area contributed by atoms with Gasteiger partial charge in [-0.05, 0) is 24.1 Å². The van der Waals surface area contributed by atoms with Crippen molar-refractivity contribution >= 4 is 0 Å². The van der Waals surface area contributed by atoms with Gasteiger partial charge in [0.1, 0.15) is 0 Å². The van der Waals surface area contributed by atoms with E-state index < -0.39 is 0 Å². The average Bonchev–Trinajstić information content (AvgIpc) is 3.17. The van der Waals surface area contributed by atoms with Crippen LogP contribution in [0.25, 0.3) is 0 Å². The molecule has 0 amide bonds. The molecule has 1 aromatic heterocycles. The number of nitrogens with one attached hydrogen (secondary N) is 1. The molecule has 2 aromatic rings. The van der Waals surface area contributed by atoms with Crippen LogP contribution in [0.1, 0.15) is 24.2 Å². The summed E-state index contributed by atoms with van der Waals surface area (Å²) in [5, 5.41) is 14.9. The van der Waals surface area contributed by atoms with Crippen molar-refractivity contribution in [2.75, 3.05) is 0 Å². The van der Waals surface area contributed by atoms with Gasteiger partial charge in [0.25, 0.3) is 0 Å². The van der Waals surface area contributed by atoms with Gasteiger partial charge in [-0.15, -0.1) is 10.2 Å². The summed E-state index contributed by atoms with van der Waals surface area (Å²) in [5.41, 5.74) is 0.806. The van der Waals surface area contributed by atoms with Crippen molar-refractivity contribution < 1.29 is 9.13 Å². The average molecular weight is 277 g/mol. The second kappa shape index (κ2) is 5.54. The highest BCUT2D eigenvalue weighted by molar-refractivity contribution is 5.35. The highest BCUT2D eigenvalue weighted by Crippen LogP contribution is 2.25. The van der Waals surface area contributed by atoms with E-state index >= 15 is 0 Å². The van der Waals surface area contributed by atoms with Crippen LogP contribution >= 0.6 is 0 Å². The van der Waals surface area contributed by atoms with Crippen LogP contribution in [-0.4, -0.2) is 26.2 Å². The lowest BCUT2D eigenvalue weighted by Gasteiger charge is -2.11. The Balaban J connectivity index is 1.69. The van der Waals surface area contributed by atoms with E-state index in [1.54, 1.807) is 13.1 Å². The maximum atomic E-state index is 13.9. The van der Waals surface area contributed by atoms with E-state index in [0.29, 0.717) is 18.4 Å². The molecule has 0 spiro atoms. The third kappa shape index (κ3) is 3.11. The Hall–Kier alpha value is -2.02. The molecular weight excluding hydrogens is 261 g/mol. The van der Waals surface area contributed by atoms with Crippen molar-refractivity contribution in [1.29, 1.82) is 0 Å². The number of nitrogens with zero attached hydrogens (tertiary/aromatic N) is 4. The number of ether oxygens (including phenoxy) is 1. The summed E-state index contributed by atoms with van der Waals surface area (Å²) in [7, 11) is 1.67. The third-order valence-electron chi connectivity index (χ3n) is 3.10. The molecule has 3 rings (SSSR count). The molecule has 106 valence electrons. The highest BCUT2D eigenvalue weighted by Gasteiger charge is 2.21. The molecule has 1 fully saturated rings. The molecule has 6 nitrogen and oxygen atoms in total. The number of hydrogen-bond acceptors (Lipinski definition) is 5. The van der Waals surface area contributed by atoms with Crippen molar-refractivity contribution in [3.05, 3.63) is 35.4 Å². The molecule has 1 heterocycles. The second-order valence-electron chi connectivity index (χ2n) is 4.87. The van der Waals surface area contributed by atoms with Crippen LogP contribution in [0, 0.1) is 5.82 Å². The van der Waals surface area contributed by atoms with Crippen LogP contribution in [0.5, 0.6) is 5.75 Å². The number of halogens is 1. The zero-order valence-electron chi connectivity index (χ0n) is 11.2. The molecule has 1 aromatic carbocycles. The van der Waals surface area contributed by atoms with Crippen LogP contribution in [0.3, 0.4) is 0 Å². The summed E-state index contributed by atoms with van der Waals surface area (Å²) in [6.45, 7) is 0.705. The third-order valence-corrected chi connectivity index (χ3v) is 3.10. The Labute approximate surface area is 115 Å². The minimum absolute atomic E-state index is 0.102. The van der Waals surface area contributed by atoms with Crippen molar-refractivity contribution in [1.82, 2.24) is 25.5 Å². The Morgan fingerprint density at radius 1 is 1.45 bits per heavy atom. The van der Waals surface area contributed by atoms with Gasteiger partial charge < -0.3 is 10.1 Å². The first-order chi connectivity index (χ1) is 9.72. The Morgan fingerprint density at radius 3 is 3.00 bits per heavy atom. The monoisotopic (exact) mass is 277 g/mol. The van der Waals surface area contributed by atoms with Gasteiger partial charge in [0.2, 0.25) is 5.82 Å². The van der Waals surface area contributed by atoms with E-state index in [2.05, 4.69) is 20.7 Å². The van der Waals surface area contributed by atoms with Gasteiger partial charge in [-0.25, -0.2) is 4.39 Å². The van der Waals surface area contributed by atoms with Gasteiger partial charge in [-0.2, -0.15) is 4.80 Å². The SMILES string of the molecule is Cn1nnc(COc2c(F)cccc2CNC2CC2)n1. The zero-order valence-corrected chi connectivity index (χ0v) is 11.2. The molecule has 20 heavy (non-hydrogen) atoms. The fraction of sp³-hybridized carbons (Fsp3) is 0.462. The quantitative estimate of drug-likeness (QED) is 0.859. The van der Waals surface area contributed by atoms with Crippen LogP contribution in [0.2, 0.25) is 0 Å². The van der Waals surface area contributed by atoms with Gasteiger partial charge in [0.05, 0.1) is 7.05 Å². The summed E-state index contributed by atoms with van der Waals surface area (Å²) in [6, 6.07) is 5.50. The minimum atomic E-state index is -0.371. The lowest BCUT2D eigenvalue weighted by molar-refractivity contribution is 0.276. The smallest absolute Gasteiger partial charge is 0.212 e. The van der Waals surface area contributed by atoms with Gasteiger partial charge in [-0.1, -0.05) is 12.1 Å². The summed E-state index contributed by atoms with van der Waals surface area (Å²) < 4.78 is 19.4. The van der Waals surface area contributed by atoms with E-state index in [1.165, 1.54) is 23.7 Å². The van der Waals surface area contributed by atoms with Crippen LogP contribution in [0.15, 0.2) is 18.2 Å². The lowest BCUT2D eigenvalue weighted by atomic mass is 10.2. The van der Waals surface area contributed by atoms with E-state index in [4.69, 9.17) is 4.74 Å². The second-order valence-corrected chi connectivity index (χ2v) is 4.87. The number of rotatable bonds is 6. The van der Waals surface area contributed by atoms with Gasteiger partial charge in [-0.3, -0.25) is 0 Å². The molecule has 1 aliphatic rings. The summed E-state index contributed by atoms with van der Waals surface area (Å²) >= 11 is 0. The maximum Gasteiger partial charge on any atom is 0.212 e. The molecule has 1 N–H and O–H groups in total. The lowest BCUT2D eigenvalue weighted by Crippen LogP contribution is -2.16. The number of tetrazole rings is 1. The first kappa shape index (κ1) is 13.0. The number of benzene rings is 1. The van der Waals surface area contributed by atoms with Crippen LogP contribution in [-0.2, 0) is 20.2 Å². The standard InChI is InChI=1S/C13H16FN5O/c1-19-17-12(16-18-19)8-20-13-9(3-2-4-11(13)14)7-15-10-5-6-10/h2-4,10,15H,5-8H2,1H3. The predicted octanol–water partition coefficient (Wildman–Crippen LogP) is 1.18. The molecule has 0 atom stereocenters. The molecule has 0 aliphatic heterocycles. The maximum absolute atomic E-state index is 13.9. The molecule has 0 bridgehead atoms. The molecule has 0 radical (unpaired) electrons. The van der Waals surface area contributed by atoms with Crippen molar-refractivity contribution in [3.8, 4) is 5.75 Å². The Kier molecular flexibility index (Phi) is 3.60. The van der Waals surface area contributed by atoms with E-state index in [1.807, 2.05) is 6.07 Å². The van der Waals surface area contributed by atoms with E-state index in [9.17, 15) is 4.39 Å². The van der Waals surface area contributed by atoms with Crippen LogP contribution < -0.4 is 10.1 Å². The first-order valence-corrected chi connectivity index (χ1v) is 6.59. The number of aromatic nitrogens is 4. The number of para-hydroxylation sites is 1. The van der Waals surface area contributed by atoms with E-state index in [0.717, 1.165) is 5.56 Å². The number of aryl methyl sites for hydroxylation is 1. The molecule has 1 aliphatic carbocycles. The van der Waals surface area contributed by atoms with E-state index in [-0.39, 0.29) is 18.2 Å². The molecule has 1 saturated carbocycles. The molecule has 0 saturated heterocycles. The molecule has 0 unspecified atom stereocenters. The Bertz CT molecular complexity index is 596. The topological polar surface area (TPSA) is 64.9 Å². The molecule has 7 heteroatoms. The highest BCUT2D eigenvalue weighted by atomic mass is 19.1. The largest absolute Gasteiger partial charge is 0.482 e. The fourth-order valence-electron chi connectivity index (χ4n) is 1.91.